The third-order valence-corrected chi connectivity index (χ3v) is 6.39. The summed E-state index contributed by atoms with van der Waals surface area (Å²) in [5.74, 6) is 2.54. The molecule has 0 nitrogen and oxygen atoms in total. The Morgan fingerprint density at radius 2 is 1.35 bits per heavy atom. The summed E-state index contributed by atoms with van der Waals surface area (Å²) in [6.07, 6.45) is 12.8. The molecule has 2 aromatic rings. The van der Waals surface area contributed by atoms with E-state index in [0.717, 1.165) is 22.6 Å². The number of hydrogen-bond acceptors (Lipinski definition) is 0. The molecule has 4 rings (SSSR count). The van der Waals surface area contributed by atoms with E-state index < -0.39 is 0 Å². The van der Waals surface area contributed by atoms with Crippen LogP contribution in [-0.2, 0) is 0 Å². The SMILES string of the molecule is Fc1ccc2ccc(C3CCC(C4CCCCC4)CC3)cc2c1. The Labute approximate surface area is 139 Å². The first-order valence-electron chi connectivity index (χ1n) is 9.49. The number of fused-ring (bicyclic) bond motifs is 1. The number of rotatable bonds is 2. The molecule has 2 aromatic carbocycles. The molecule has 2 aliphatic carbocycles. The molecule has 0 aliphatic heterocycles. The number of benzene rings is 2. The molecule has 2 fully saturated rings. The standard InChI is InChI=1S/C22H27F/c23-22-13-12-19-10-11-20(14-21(19)15-22)18-8-6-17(7-9-18)16-4-2-1-3-5-16/h10-18H,1-9H2. The molecule has 0 saturated heterocycles. The Hall–Kier alpha value is -1.37. The molecule has 0 heterocycles. The predicted octanol–water partition coefficient (Wildman–Crippen LogP) is 6.83. The van der Waals surface area contributed by atoms with Gasteiger partial charge in [-0.2, -0.15) is 0 Å². The topological polar surface area (TPSA) is 0 Å². The lowest BCUT2D eigenvalue weighted by atomic mass is 9.70. The minimum Gasteiger partial charge on any atom is -0.207 e. The van der Waals surface area contributed by atoms with Crippen LogP contribution in [0, 0.1) is 17.7 Å². The van der Waals surface area contributed by atoms with Crippen molar-refractivity contribution in [1.82, 2.24) is 0 Å². The molecule has 0 amide bonds. The van der Waals surface area contributed by atoms with Gasteiger partial charge in [-0.05, 0) is 71.9 Å². The zero-order valence-corrected chi connectivity index (χ0v) is 13.9. The van der Waals surface area contributed by atoms with Crippen molar-refractivity contribution in [2.24, 2.45) is 11.8 Å². The van der Waals surface area contributed by atoms with Gasteiger partial charge in [-0.3, -0.25) is 0 Å². The average Bonchev–Trinajstić information content (AvgIpc) is 2.62. The normalized spacial score (nSPS) is 26.5. The average molecular weight is 310 g/mol. The van der Waals surface area contributed by atoms with Crippen molar-refractivity contribution in [3.63, 3.8) is 0 Å². The highest BCUT2D eigenvalue weighted by molar-refractivity contribution is 5.83. The smallest absolute Gasteiger partial charge is 0.123 e. The highest BCUT2D eigenvalue weighted by Crippen LogP contribution is 2.43. The van der Waals surface area contributed by atoms with E-state index in [1.54, 1.807) is 12.1 Å². The Morgan fingerprint density at radius 1 is 0.652 bits per heavy atom. The number of halogens is 1. The van der Waals surface area contributed by atoms with E-state index in [-0.39, 0.29) is 5.82 Å². The molecule has 0 unspecified atom stereocenters. The quantitative estimate of drug-likeness (QED) is 0.570. The Balaban J connectivity index is 1.45. The van der Waals surface area contributed by atoms with Gasteiger partial charge in [0.1, 0.15) is 5.82 Å². The van der Waals surface area contributed by atoms with E-state index in [1.807, 2.05) is 6.07 Å². The van der Waals surface area contributed by atoms with E-state index in [2.05, 4.69) is 18.2 Å². The van der Waals surface area contributed by atoms with Crippen LogP contribution in [-0.4, -0.2) is 0 Å². The first kappa shape index (κ1) is 15.2. The van der Waals surface area contributed by atoms with Gasteiger partial charge < -0.3 is 0 Å². The van der Waals surface area contributed by atoms with Gasteiger partial charge in [-0.15, -0.1) is 0 Å². The van der Waals surface area contributed by atoms with Crippen molar-refractivity contribution in [3.8, 4) is 0 Å². The Kier molecular flexibility index (Phi) is 4.37. The lowest BCUT2D eigenvalue weighted by Crippen LogP contribution is -2.23. The fourth-order valence-corrected chi connectivity index (χ4v) is 5.02. The van der Waals surface area contributed by atoms with Crippen LogP contribution >= 0.6 is 0 Å². The van der Waals surface area contributed by atoms with E-state index in [4.69, 9.17) is 0 Å². The molecule has 0 spiro atoms. The van der Waals surface area contributed by atoms with E-state index in [1.165, 1.54) is 63.4 Å². The Morgan fingerprint density at radius 3 is 2.13 bits per heavy atom. The lowest BCUT2D eigenvalue weighted by molar-refractivity contribution is 0.186. The van der Waals surface area contributed by atoms with Crippen LogP contribution < -0.4 is 0 Å². The summed E-state index contributed by atoms with van der Waals surface area (Å²) in [4.78, 5) is 0. The predicted molar refractivity (Wildman–Crippen MR) is 95.2 cm³/mol. The second-order valence-electron chi connectivity index (χ2n) is 7.76. The van der Waals surface area contributed by atoms with Gasteiger partial charge in [0, 0.05) is 0 Å². The second-order valence-corrected chi connectivity index (χ2v) is 7.76. The van der Waals surface area contributed by atoms with Gasteiger partial charge in [-0.1, -0.05) is 56.4 Å². The molecule has 0 N–H and O–H groups in total. The molecule has 2 saturated carbocycles. The Bertz CT molecular complexity index is 661. The van der Waals surface area contributed by atoms with Crippen LogP contribution in [0.5, 0.6) is 0 Å². The van der Waals surface area contributed by atoms with Crippen molar-refractivity contribution >= 4 is 10.8 Å². The molecule has 122 valence electrons. The van der Waals surface area contributed by atoms with Gasteiger partial charge >= 0.3 is 0 Å². The molecule has 2 aliphatic rings. The first-order valence-corrected chi connectivity index (χ1v) is 9.49. The zero-order valence-electron chi connectivity index (χ0n) is 13.9. The lowest BCUT2D eigenvalue weighted by Gasteiger charge is -2.36. The third-order valence-electron chi connectivity index (χ3n) is 6.39. The van der Waals surface area contributed by atoms with Gasteiger partial charge in [0.15, 0.2) is 0 Å². The van der Waals surface area contributed by atoms with Gasteiger partial charge in [0.25, 0.3) is 0 Å². The second kappa shape index (κ2) is 6.63. The van der Waals surface area contributed by atoms with Crippen LogP contribution in [0.25, 0.3) is 10.8 Å². The molecular weight excluding hydrogens is 283 g/mol. The van der Waals surface area contributed by atoms with E-state index >= 15 is 0 Å². The zero-order chi connectivity index (χ0) is 15.6. The van der Waals surface area contributed by atoms with Gasteiger partial charge in [0.05, 0.1) is 0 Å². The van der Waals surface area contributed by atoms with E-state index in [0.29, 0.717) is 5.92 Å². The van der Waals surface area contributed by atoms with Crippen LogP contribution in [0.1, 0.15) is 69.3 Å². The molecule has 0 radical (unpaired) electrons. The number of hydrogen-bond donors (Lipinski definition) is 0. The fraction of sp³-hybridized carbons (Fsp3) is 0.545. The molecule has 0 atom stereocenters. The summed E-state index contributed by atoms with van der Waals surface area (Å²) >= 11 is 0. The maximum absolute atomic E-state index is 13.5. The van der Waals surface area contributed by atoms with Gasteiger partial charge in [-0.25, -0.2) is 4.39 Å². The van der Waals surface area contributed by atoms with Crippen molar-refractivity contribution in [2.45, 2.75) is 63.7 Å². The largest absolute Gasteiger partial charge is 0.207 e. The first-order chi connectivity index (χ1) is 11.3. The van der Waals surface area contributed by atoms with Crippen molar-refractivity contribution in [1.29, 1.82) is 0 Å². The monoisotopic (exact) mass is 310 g/mol. The minimum absolute atomic E-state index is 0.129. The van der Waals surface area contributed by atoms with Crippen LogP contribution in [0.3, 0.4) is 0 Å². The molecule has 0 bridgehead atoms. The highest BCUT2D eigenvalue weighted by atomic mass is 19.1. The summed E-state index contributed by atoms with van der Waals surface area (Å²) in [5, 5.41) is 2.20. The minimum atomic E-state index is -0.129. The summed E-state index contributed by atoms with van der Waals surface area (Å²) in [6, 6.07) is 11.8. The highest BCUT2D eigenvalue weighted by Gasteiger charge is 2.29. The van der Waals surface area contributed by atoms with Crippen LogP contribution in [0.2, 0.25) is 0 Å². The van der Waals surface area contributed by atoms with Crippen molar-refractivity contribution < 1.29 is 4.39 Å². The van der Waals surface area contributed by atoms with Crippen LogP contribution in [0.4, 0.5) is 4.39 Å². The molecular formula is C22H27F. The van der Waals surface area contributed by atoms with Crippen molar-refractivity contribution in [3.05, 3.63) is 47.8 Å². The summed E-state index contributed by atoms with van der Waals surface area (Å²) < 4.78 is 13.5. The van der Waals surface area contributed by atoms with Crippen LogP contribution in [0.15, 0.2) is 36.4 Å². The van der Waals surface area contributed by atoms with Crippen molar-refractivity contribution in [2.75, 3.05) is 0 Å². The third kappa shape index (κ3) is 3.29. The maximum Gasteiger partial charge on any atom is 0.123 e. The summed E-state index contributed by atoms with van der Waals surface area (Å²) in [7, 11) is 0. The summed E-state index contributed by atoms with van der Waals surface area (Å²) in [5.41, 5.74) is 1.42. The maximum atomic E-state index is 13.5. The van der Waals surface area contributed by atoms with Gasteiger partial charge in [0.2, 0.25) is 0 Å². The molecule has 23 heavy (non-hydrogen) atoms. The summed E-state index contributed by atoms with van der Waals surface area (Å²) in [6.45, 7) is 0. The van der Waals surface area contributed by atoms with E-state index in [9.17, 15) is 4.39 Å². The molecule has 0 aromatic heterocycles. The fourth-order valence-electron chi connectivity index (χ4n) is 5.02. The molecule has 1 heteroatoms.